The minimum absolute atomic E-state index is 0.188. The van der Waals surface area contributed by atoms with Gasteiger partial charge in [0.1, 0.15) is 11.5 Å². The summed E-state index contributed by atoms with van der Waals surface area (Å²) in [6.07, 6.45) is 0. The van der Waals surface area contributed by atoms with Crippen LogP contribution in [-0.2, 0) is 14.3 Å². The van der Waals surface area contributed by atoms with Gasteiger partial charge in [0.05, 0.1) is 35.8 Å². The predicted octanol–water partition coefficient (Wildman–Crippen LogP) is 4.41. The SMILES string of the molecule is CCOC(=O)c1ccc(N2C(=O)C(=O)C(=C(O)c3ccc(OC)cc3)[C@@H]2c2cccc([N+](=O)[O-])c2)cc1. The number of non-ortho nitro benzene ring substituents is 1. The van der Waals surface area contributed by atoms with E-state index in [-0.39, 0.29) is 40.2 Å². The number of methoxy groups -OCH3 is 1. The van der Waals surface area contributed by atoms with Crippen LogP contribution < -0.4 is 9.64 Å². The molecule has 1 heterocycles. The maximum Gasteiger partial charge on any atom is 0.338 e. The van der Waals surface area contributed by atoms with Crippen LogP contribution in [-0.4, -0.2) is 41.4 Å². The molecule has 0 bridgehead atoms. The zero-order chi connectivity index (χ0) is 26.7. The van der Waals surface area contributed by atoms with E-state index in [0.717, 1.165) is 4.90 Å². The number of ketones is 1. The molecular formula is C27H22N2O8. The van der Waals surface area contributed by atoms with Crippen LogP contribution in [0.5, 0.6) is 5.75 Å². The van der Waals surface area contributed by atoms with E-state index in [4.69, 9.17) is 9.47 Å². The first-order valence-electron chi connectivity index (χ1n) is 11.2. The second kappa shape index (κ2) is 10.3. The second-order valence-electron chi connectivity index (χ2n) is 8.02. The average Bonchev–Trinajstić information content (AvgIpc) is 3.18. The smallest absolute Gasteiger partial charge is 0.338 e. The van der Waals surface area contributed by atoms with Gasteiger partial charge in [-0.25, -0.2) is 4.79 Å². The lowest BCUT2D eigenvalue weighted by atomic mass is 9.94. The van der Waals surface area contributed by atoms with Crippen LogP contribution in [0, 0.1) is 10.1 Å². The number of nitro benzene ring substituents is 1. The molecule has 0 aromatic heterocycles. The zero-order valence-electron chi connectivity index (χ0n) is 19.9. The number of benzene rings is 3. The Morgan fingerprint density at radius 3 is 2.27 bits per heavy atom. The van der Waals surface area contributed by atoms with Crippen molar-refractivity contribution >= 4 is 34.8 Å². The van der Waals surface area contributed by atoms with Gasteiger partial charge in [-0.3, -0.25) is 24.6 Å². The molecule has 4 rings (SSSR count). The Bertz CT molecular complexity index is 1410. The van der Waals surface area contributed by atoms with E-state index in [0.29, 0.717) is 5.75 Å². The Kier molecular flexibility index (Phi) is 7.01. The molecule has 1 aliphatic heterocycles. The summed E-state index contributed by atoms with van der Waals surface area (Å²) in [5, 5.41) is 22.6. The van der Waals surface area contributed by atoms with Crippen molar-refractivity contribution in [3.8, 4) is 5.75 Å². The largest absolute Gasteiger partial charge is 0.507 e. The number of anilines is 1. The minimum atomic E-state index is -1.17. The third-order valence-corrected chi connectivity index (χ3v) is 5.86. The van der Waals surface area contributed by atoms with Crippen LogP contribution in [0.4, 0.5) is 11.4 Å². The number of hydrogen-bond donors (Lipinski definition) is 1. The number of amides is 1. The highest BCUT2D eigenvalue weighted by molar-refractivity contribution is 6.51. The fourth-order valence-corrected chi connectivity index (χ4v) is 4.10. The maximum absolute atomic E-state index is 13.3. The van der Waals surface area contributed by atoms with E-state index in [2.05, 4.69) is 0 Å². The number of nitro groups is 1. The van der Waals surface area contributed by atoms with E-state index in [1.807, 2.05) is 0 Å². The Hall–Kier alpha value is -4.99. The summed E-state index contributed by atoms with van der Waals surface area (Å²) in [4.78, 5) is 50.6. The number of carbonyl (C=O) groups is 3. The van der Waals surface area contributed by atoms with E-state index in [9.17, 15) is 29.6 Å². The molecule has 1 N–H and O–H groups in total. The molecule has 1 saturated heterocycles. The Morgan fingerprint density at radius 1 is 1.03 bits per heavy atom. The van der Waals surface area contributed by atoms with Gasteiger partial charge in [-0.05, 0) is 61.0 Å². The Morgan fingerprint density at radius 2 is 1.68 bits per heavy atom. The first-order chi connectivity index (χ1) is 17.8. The highest BCUT2D eigenvalue weighted by Crippen LogP contribution is 2.43. The lowest BCUT2D eigenvalue weighted by Gasteiger charge is -2.25. The van der Waals surface area contributed by atoms with Crippen molar-refractivity contribution < 1.29 is 33.9 Å². The first kappa shape index (κ1) is 25.1. The molecule has 1 atom stereocenters. The van der Waals surface area contributed by atoms with Crippen LogP contribution >= 0.6 is 0 Å². The van der Waals surface area contributed by atoms with E-state index in [1.165, 1.54) is 67.8 Å². The quantitative estimate of drug-likeness (QED) is 0.125. The van der Waals surface area contributed by atoms with E-state index < -0.39 is 34.4 Å². The summed E-state index contributed by atoms with van der Waals surface area (Å²) < 4.78 is 10.1. The summed E-state index contributed by atoms with van der Waals surface area (Å²) in [6.45, 7) is 1.86. The highest BCUT2D eigenvalue weighted by atomic mass is 16.6. The normalized spacial score (nSPS) is 16.5. The van der Waals surface area contributed by atoms with Gasteiger partial charge < -0.3 is 14.6 Å². The number of carbonyl (C=O) groups excluding carboxylic acids is 3. The number of Topliss-reactive ketones (excluding diaryl/α,β-unsaturated/α-hetero) is 1. The van der Waals surface area contributed by atoms with Gasteiger partial charge >= 0.3 is 5.97 Å². The number of esters is 1. The molecule has 0 unspecified atom stereocenters. The topological polar surface area (TPSA) is 136 Å². The molecule has 10 heteroatoms. The fourth-order valence-electron chi connectivity index (χ4n) is 4.10. The van der Waals surface area contributed by atoms with Crippen molar-refractivity contribution in [2.24, 2.45) is 0 Å². The van der Waals surface area contributed by atoms with E-state index >= 15 is 0 Å². The summed E-state index contributed by atoms with van der Waals surface area (Å²) >= 11 is 0. The van der Waals surface area contributed by atoms with Crippen LogP contribution in [0.1, 0.15) is 34.5 Å². The minimum Gasteiger partial charge on any atom is -0.507 e. The summed E-state index contributed by atoms with van der Waals surface area (Å²) in [6, 6.07) is 16.4. The number of rotatable bonds is 7. The van der Waals surface area contributed by atoms with Gasteiger partial charge in [-0.2, -0.15) is 0 Å². The first-order valence-corrected chi connectivity index (χ1v) is 11.2. The van der Waals surface area contributed by atoms with Gasteiger partial charge in [0.15, 0.2) is 0 Å². The molecule has 37 heavy (non-hydrogen) atoms. The number of hydrogen-bond acceptors (Lipinski definition) is 8. The standard InChI is InChI=1S/C27H22N2O8/c1-3-37-27(33)17-7-11-19(12-8-17)28-23(18-5-4-6-20(15-18)29(34)35)22(25(31)26(28)32)24(30)16-9-13-21(36-2)14-10-16/h4-15,23,30H,3H2,1-2H3/t23-/m0/s1. The third kappa shape index (κ3) is 4.76. The van der Waals surface area contributed by atoms with Crippen molar-refractivity contribution in [1.82, 2.24) is 0 Å². The summed E-state index contributed by atoms with van der Waals surface area (Å²) in [7, 11) is 1.48. The van der Waals surface area contributed by atoms with Crippen LogP contribution in [0.3, 0.4) is 0 Å². The molecule has 0 aliphatic carbocycles. The fraction of sp³-hybridized carbons (Fsp3) is 0.148. The summed E-state index contributed by atoms with van der Waals surface area (Å²) in [5.74, 6) is -2.36. The zero-order valence-corrected chi connectivity index (χ0v) is 19.9. The molecule has 1 amide bonds. The van der Waals surface area contributed by atoms with Gasteiger partial charge in [0.2, 0.25) is 0 Å². The number of ether oxygens (including phenoxy) is 2. The molecule has 1 fully saturated rings. The van der Waals surface area contributed by atoms with Gasteiger partial charge in [0.25, 0.3) is 17.4 Å². The van der Waals surface area contributed by atoms with Crippen molar-refractivity contribution in [3.63, 3.8) is 0 Å². The molecule has 0 saturated carbocycles. The number of aliphatic hydroxyl groups is 1. The van der Waals surface area contributed by atoms with Crippen molar-refractivity contribution in [3.05, 3.63) is 105 Å². The monoisotopic (exact) mass is 502 g/mol. The highest BCUT2D eigenvalue weighted by Gasteiger charge is 2.47. The van der Waals surface area contributed by atoms with E-state index in [1.54, 1.807) is 19.1 Å². The second-order valence-corrected chi connectivity index (χ2v) is 8.02. The lowest BCUT2D eigenvalue weighted by molar-refractivity contribution is -0.384. The van der Waals surface area contributed by atoms with Gasteiger partial charge in [-0.15, -0.1) is 0 Å². The number of nitrogens with zero attached hydrogens (tertiary/aromatic N) is 2. The van der Waals surface area contributed by atoms with Crippen LogP contribution in [0.25, 0.3) is 5.76 Å². The van der Waals surface area contributed by atoms with Crippen LogP contribution in [0.2, 0.25) is 0 Å². The average molecular weight is 502 g/mol. The van der Waals surface area contributed by atoms with Gasteiger partial charge in [0, 0.05) is 23.4 Å². The molecular weight excluding hydrogens is 480 g/mol. The molecule has 10 nitrogen and oxygen atoms in total. The molecule has 3 aromatic rings. The van der Waals surface area contributed by atoms with Crippen LogP contribution in [0.15, 0.2) is 78.4 Å². The van der Waals surface area contributed by atoms with Crippen molar-refractivity contribution in [2.75, 3.05) is 18.6 Å². The predicted molar refractivity (Wildman–Crippen MR) is 133 cm³/mol. The molecule has 0 radical (unpaired) electrons. The lowest BCUT2D eigenvalue weighted by Crippen LogP contribution is -2.29. The van der Waals surface area contributed by atoms with Crippen molar-refractivity contribution in [2.45, 2.75) is 13.0 Å². The molecule has 3 aromatic carbocycles. The molecule has 1 aliphatic rings. The van der Waals surface area contributed by atoms with Gasteiger partial charge in [-0.1, -0.05) is 12.1 Å². The number of aliphatic hydroxyl groups excluding tert-OH is 1. The van der Waals surface area contributed by atoms with Crippen molar-refractivity contribution in [1.29, 1.82) is 0 Å². The Balaban J connectivity index is 1.88. The maximum atomic E-state index is 13.3. The molecule has 188 valence electrons. The molecule has 0 spiro atoms. The third-order valence-electron chi connectivity index (χ3n) is 5.86. The summed E-state index contributed by atoms with van der Waals surface area (Å²) in [5.41, 5.74) is 0.521. The Labute approximate surface area is 211 Å².